The third kappa shape index (κ3) is 4.36. The van der Waals surface area contributed by atoms with E-state index in [1.165, 1.54) is 42.2 Å². The Labute approximate surface area is 182 Å². The van der Waals surface area contributed by atoms with Crippen LogP contribution >= 0.6 is 0 Å². The summed E-state index contributed by atoms with van der Waals surface area (Å²) in [5.41, 5.74) is -0.634. The number of pyridine rings is 1. The van der Waals surface area contributed by atoms with Gasteiger partial charge in [0.15, 0.2) is 5.65 Å². The zero-order valence-corrected chi connectivity index (χ0v) is 16.7. The number of hydrogen-bond donors (Lipinski definition) is 0. The van der Waals surface area contributed by atoms with Gasteiger partial charge in [-0.05, 0) is 24.3 Å². The van der Waals surface area contributed by atoms with Gasteiger partial charge in [-0.15, -0.1) is 0 Å². The fourth-order valence-electron chi connectivity index (χ4n) is 3.08. The molecular weight excluding hydrogens is 452 g/mol. The largest absolute Gasteiger partial charge is 0.433 e. The van der Waals surface area contributed by atoms with E-state index in [1.54, 1.807) is 0 Å². The predicted molar refractivity (Wildman–Crippen MR) is 105 cm³/mol. The van der Waals surface area contributed by atoms with Crippen LogP contribution in [0.1, 0.15) is 21.7 Å². The molecule has 0 spiro atoms. The van der Waals surface area contributed by atoms with Crippen molar-refractivity contribution in [3.8, 4) is 11.3 Å². The quantitative estimate of drug-likeness (QED) is 0.395. The van der Waals surface area contributed by atoms with E-state index in [-0.39, 0.29) is 11.4 Å². The number of carbonyl (C=O) groups excluding carboxylic acids is 1. The van der Waals surface area contributed by atoms with Gasteiger partial charge in [-0.25, -0.2) is 15.0 Å². The minimum absolute atomic E-state index is 0.0592. The lowest BCUT2D eigenvalue weighted by Crippen LogP contribution is -2.27. The molecule has 3 heterocycles. The Morgan fingerprint density at radius 1 is 0.848 bits per heavy atom. The molecule has 3 aromatic heterocycles. The SMILES string of the molecule is CN(C(=O)c1cn2c(-c3ccc(C(F)(F)F)cc3)cnc2cn1)c1ccc(C(F)(F)F)nc1. The number of anilines is 1. The first-order chi connectivity index (χ1) is 15.4. The monoisotopic (exact) mass is 465 g/mol. The van der Waals surface area contributed by atoms with E-state index in [9.17, 15) is 31.1 Å². The number of hydrogen-bond acceptors (Lipinski definition) is 4. The van der Waals surface area contributed by atoms with Gasteiger partial charge in [0.25, 0.3) is 5.91 Å². The molecule has 33 heavy (non-hydrogen) atoms. The van der Waals surface area contributed by atoms with Gasteiger partial charge in [-0.3, -0.25) is 9.20 Å². The van der Waals surface area contributed by atoms with Crippen LogP contribution in [0.15, 0.2) is 61.2 Å². The Balaban J connectivity index is 1.64. The topological polar surface area (TPSA) is 63.4 Å². The summed E-state index contributed by atoms with van der Waals surface area (Å²) in [6.45, 7) is 0. The van der Waals surface area contributed by atoms with E-state index in [0.29, 0.717) is 16.9 Å². The van der Waals surface area contributed by atoms with Crippen LogP contribution in [-0.2, 0) is 12.4 Å². The third-order valence-electron chi connectivity index (χ3n) is 4.85. The average Bonchev–Trinajstić information content (AvgIpc) is 3.20. The number of nitrogens with zero attached hydrogens (tertiary/aromatic N) is 5. The summed E-state index contributed by atoms with van der Waals surface area (Å²) in [7, 11) is 1.35. The van der Waals surface area contributed by atoms with Gasteiger partial charge in [0.05, 0.1) is 35.5 Å². The first-order valence-electron chi connectivity index (χ1n) is 9.27. The van der Waals surface area contributed by atoms with Crippen LogP contribution in [0.3, 0.4) is 0 Å². The van der Waals surface area contributed by atoms with Crippen molar-refractivity contribution in [3.63, 3.8) is 0 Å². The molecule has 4 aromatic rings. The molecule has 170 valence electrons. The second-order valence-corrected chi connectivity index (χ2v) is 6.98. The molecule has 1 aromatic carbocycles. The zero-order valence-electron chi connectivity index (χ0n) is 16.7. The second-order valence-electron chi connectivity index (χ2n) is 6.98. The third-order valence-corrected chi connectivity index (χ3v) is 4.85. The molecule has 0 fully saturated rings. The van der Waals surface area contributed by atoms with Gasteiger partial charge in [-0.2, -0.15) is 26.3 Å². The normalized spacial score (nSPS) is 12.2. The average molecular weight is 465 g/mol. The van der Waals surface area contributed by atoms with Gasteiger partial charge in [-0.1, -0.05) is 12.1 Å². The molecule has 0 bridgehead atoms. The number of benzene rings is 1. The first-order valence-corrected chi connectivity index (χ1v) is 9.27. The van der Waals surface area contributed by atoms with Gasteiger partial charge in [0, 0.05) is 18.8 Å². The highest BCUT2D eigenvalue weighted by molar-refractivity contribution is 6.04. The maximum atomic E-state index is 12.9. The standard InChI is InChI=1S/C21H13F6N5O/c1-31(14-6-7-17(29-8-14)21(25,26)27)19(33)15-11-32-16(9-30-18(32)10-28-15)12-2-4-13(5-3-12)20(22,23)24/h2-11H,1H3. The van der Waals surface area contributed by atoms with Crippen LogP contribution in [0.2, 0.25) is 0 Å². The summed E-state index contributed by atoms with van der Waals surface area (Å²) in [6.07, 6.45) is -4.07. The summed E-state index contributed by atoms with van der Waals surface area (Å²) in [6, 6.07) is 6.31. The summed E-state index contributed by atoms with van der Waals surface area (Å²) < 4.78 is 78.1. The van der Waals surface area contributed by atoms with Crippen molar-refractivity contribution < 1.29 is 31.1 Å². The van der Waals surface area contributed by atoms with Crippen molar-refractivity contribution in [2.24, 2.45) is 0 Å². The zero-order chi connectivity index (χ0) is 24.0. The maximum Gasteiger partial charge on any atom is 0.433 e. The van der Waals surface area contributed by atoms with Crippen molar-refractivity contribution in [3.05, 3.63) is 78.1 Å². The molecule has 0 radical (unpaired) electrons. The molecule has 0 atom stereocenters. The first kappa shape index (κ1) is 22.2. The van der Waals surface area contributed by atoms with Crippen molar-refractivity contribution >= 4 is 17.2 Å². The van der Waals surface area contributed by atoms with Crippen LogP contribution in [-0.4, -0.2) is 32.3 Å². The van der Waals surface area contributed by atoms with Crippen molar-refractivity contribution in [1.82, 2.24) is 19.4 Å². The molecule has 4 rings (SSSR count). The number of fused-ring (bicyclic) bond motifs is 1. The Morgan fingerprint density at radius 2 is 1.55 bits per heavy atom. The van der Waals surface area contributed by atoms with Gasteiger partial charge < -0.3 is 4.90 Å². The minimum atomic E-state index is -4.61. The number of carbonyl (C=O) groups is 1. The Bertz CT molecular complexity index is 1310. The summed E-state index contributed by atoms with van der Waals surface area (Å²) in [4.78, 5) is 25.4. The molecule has 0 aliphatic carbocycles. The molecular formula is C21H13F6N5O. The molecule has 12 heteroatoms. The van der Waals surface area contributed by atoms with Gasteiger partial charge in [0.2, 0.25) is 0 Å². The minimum Gasteiger partial charge on any atom is -0.309 e. The maximum absolute atomic E-state index is 12.9. The lowest BCUT2D eigenvalue weighted by atomic mass is 10.1. The van der Waals surface area contributed by atoms with E-state index in [2.05, 4.69) is 15.0 Å². The summed E-state index contributed by atoms with van der Waals surface area (Å²) in [5, 5.41) is 0. The molecule has 0 N–H and O–H groups in total. The van der Waals surface area contributed by atoms with Crippen LogP contribution < -0.4 is 4.90 Å². The number of rotatable bonds is 3. The lowest BCUT2D eigenvalue weighted by Gasteiger charge is -2.17. The summed E-state index contributed by atoms with van der Waals surface area (Å²) >= 11 is 0. The molecule has 1 amide bonds. The smallest absolute Gasteiger partial charge is 0.309 e. The Kier molecular flexibility index (Phi) is 5.30. The van der Waals surface area contributed by atoms with Gasteiger partial charge in [0.1, 0.15) is 11.4 Å². The number of aromatic nitrogens is 4. The number of amides is 1. The molecule has 6 nitrogen and oxygen atoms in total. The fraction of sp³-hybridized carbons (Fsp3) is 0.143. The van der Waals surface area contributed by atoms with E-state index in [1.807, 2.05) is 0 Å². The molecule has 0 aliphatic heterocycles. The van der Waals surface area contributed by atoms with E-state index >= 15 is 0 Å². The highest BCUT2D eigenvalue weighted by atomic mass is 19.4. The van der Waals surface area contributed by atoms with Crippen molar-refractivity contribution in [2.75, 3.05) is 11.9 Å². The van der Waals surface area contributed by atoms with Gasteiger partial charge >= 0.3 is 12.4 Å². The lowest BCUT2D eigenvalue weighted by molar-refractivity contribution is -0.141. The highest BCUT2D eigenvalue weighted by Gasteiger charge is 2.32. The van der Waals surface area contributed by atoms with E-state index in [0.717, 1.165) is 35.4 Å². The van der Waals surface area contributed by atoms with E-state index < -0.39 is 29.5 Å². The van der Waals surface area contributed by atoms with Crippen LogP contribution in [0.4, 0.5) is 32.0 Å². The Morgan fingerprint density at radius 3 is 2.12 bits per heavy atom. The molecule has 0 saturated heterocycles. The second kappa shape index (κ2) is 7.87. The Hall–Kier alpha value is -3.96. The number of alkyl halides is 6. The number of halogens is 6. The highest BCUT2D eigenvalue weighted by Crippen LogP contribution is 2.31. The molecule has 0 saturated carbocycles. The van der Waals surface area contributed by atoms with Crippen molar-refractivity contribution in [2.45, 2.75) is 12.4 Å². The van der Waals surface area contributed by atoms with Crippen LogP contribution in [0.25, 0.3) is 16.9 Å². The van der Waals surface area contributed by atoms with Crippen LogP contribution in [0, 0.1) is 0 Å². The van der Waals surface area contributed by atoms with Crippen LogP contribution in [0.5, 0.6) is 0 Å². The molecule has 0 aliphatic rings. The van der Waals surface area contributed by atoms with Crippen molar-refractivity contribution in [1.29, 1.82) is 0 Å². The summed E-state index contributed by atoms with van der Waals surface area (Å²) in [5.74, 6) is -0.634. The predicted octanol–water partition coefficient (Wildman–Crippen LogP) is 5.11. The van der Waals surface area contributed by atoms with E-state index in [4.69, 9.17) is 0 Å². The molecule has 0 unspecified atom stereocenters. The fourth-order valence-corrected chi connectivity index (χ4v) is 3.08. The number of imidazole rings is 1.